The summed E-state index contributed by atoms with van der Waals surface area (Å²) < 4.78 is 5.63. The molecule has 2 aromatic heterocycles. The van der Waals surface area contributed by atoms with Crippen LogP contribution in [0.5, 0.6) is 0 Å². The largest absolute Gasteiger partial charge is 0.443 e. The molecule has 2 heterocycles. The van der Waals surface area contributed by atoms with E-state index in [9.17, 15) is 0 Å². The monoisotopic (exact) mass is 674 g/mol. The lowest BCUT2D eigenvalue weighted by atomic mass is 9.48. The van der Waals surface area contributed by atoms with Crippen LogP contribution in [0, 0.1) is 17.8 Å². The molecule has 0 aliphatic heterocycles. The number of fused-ring (bicyclic) bond motifs is 4. The fourth-order valence-electron chi connectivity index (χ4n) is 11.3. The second-order valence-corrected chi connectivity index (χ2v) is 16.9. The number of aromatic nitrogens is 2. The molecule has 0 saturated heterocycles. The van der Waals surface area contributed by atoms with Gasteiger partial charge in [0.1, 0.15) is 5.52 Å². The van der Waals surface area contributed by atoms with Gasteiger partial charge in [0.2, 0.25) is 0 Å². The van der Waals surface area contributed by atoms with E-state index in [-0.39, 0.29) is 5.41 Å². The topological polar surface area (TPSA) is 38.9 Å². The zero-order valence-corrected chi connectivity index (χ0v) is 29.9. The molecule has 52 heavy (non-hydrogen) atoms. The molecule has 7 aromatic rings. The highest BCUT2D eigenvalue weighted by molar-refractivity contribution is 5.93. The molecule has 5 aliphatic rings. The van der Waals surface area contributed by atoms with E-state index in [0.29, 0.717) is 5.41 Å². The van der Waals surface area contributed by atoms with Crippen LogP contribution in [-0.2, 0) is 10.8 Å². The molecular weight excluding hydrogens is 633 g/mol. The smallest absolute Gasteiger partial charge is 0.182 e. The molecule has 4 saturated carbocycles. The van der Waals surface area contributed by atoms with Gasteiger partial charge in [-0.05, 0) is 137 Å². The molecule has 12 rings (SSSR count). The average molecular weight is 675 g/mol. The lowest BCUT2D eigenvalue weighted by Gasteiger charge is -2.57. The van der Waals surface area contributed by atoms with Gasteiger partial charge in [-0.1, -0.05) is 105 Å². The summed E-state index contributed by atoms with van der Waals surface area (Å²) in [6.45, 7) is 4.72. The van der Waals surface area contributed by atoms with Crippen LogP contribution < -0.4 is 0 Å². The molecule has 5 aromatic carbocycles. The standard InChI is InChI=1S/C49H42N2O/c1-48(2)42-22-35(13-17-40(42)41-18-14-36(23-43(41)48)39-9-6-10-46-47(39)50-29-52-46)37-24-44(33-7-4-3-5-8-33)51-45(25-37)34-11-15-38(16-12-34)49-26-30-19-31(27-49)21-32(20-30)28-49/h3-18,22-25,29-32H,19-21,26-28H2,1-2H3. The number of rotatable bonds is 5. The Balaban J connectivity index is 0.978. The number of oxazole rings is 1. The number of benzene rings is 5. The van der Waals surface area contributed by atoms with Gasteiger partial charge in [0.25, 0.3) is 0 Å². The quantitative estimate of drug-likeness (QED) is 0.182. The van der Waals surface area contributed by atoms with Gasteiger partial charge in [0.15, 0.2) is 12.0 Å². The first-order chi connectivity index (χ1) is 25.4. The van der Waals surface area contributed by atoms with Crippen molar-refractivity contribution in [3.8, 4) is 55.9 Å². The molecule has 0 amide bonds. The molecule has 4 bridgehead atoms. The Hall–Kier alpha value is -5.28. The van der Waals surface area contributed by atoms with Crippen molar-refractivity contribution in [1.82, 2.24) is 9.97 Å². The SMILES string of the molecule is CC1(C)c2cc(-c3cc(-c4ccccc4)nc(-c4ccc(C56CC7CC(CC(C7)C5)C6)cc4)c3)ccc2-c2ccc(-c3cccc4ocnc34)cc21. The predicted octanol–water partition coefficient (Wildman–Crippen LogP) is 12.7. The Morgan fingerprint density at radius 2 is 1.13 bits per heavy atom. The first kappa shape index (κ1) is 30.4. The van der Waals surface area contributed by atoms with Crippen LogP contribution in [0.4, 0.5) is 0 Å². The van der Waals surface area contributed by atoms with Crippen LogP contribution >= 0.6 is 0 Å². The normalized spacial score (nSPS) is 23.5. The zero-order chi connectivity index (χ0) is 34.6. The minimum Gasteiger partial charge on any atom is -0.443 e. The summed E-state index contributed by atoms with van der Waals surface area (Å²) in [5.74, 6) is 2.83. The Bertz CT molecular complexity index is 2490. The molecule has 0 atom stereocenters. The Labute approximate surface area is 305 Å². The van der Waals surface area contributed by atoms with E-state index in [0.717, 1.165) is 51.4 Å². The van der Waals surface area contributed by atoms with Crippen molar-refractivity contribution in [2.45, 2.75) is 63.2 Å². The van der Waals surface area contributed by atoms with Crippen LogP contribution in [-0.4, -0.2) is 9.97 Å². The van der Waals surface area contributed by atoms with Crippen molar-refractivity contribution < 1.29 is 4.42 Å². The van der Waals surface area contributed by atoms with Crippen LogP contribution in [0.15, 0.2) is 132 Å². The van der Waals surface area contributed by atoms with Crippen LogP contribution in [0.25, 0.3) is 67.0 Å². The van der Waals surface area contributed by atoms with E-state index in [4.69, 9.17) is 9.40 Å². The maximum atomic E-state index is 5.63. The van der Waals surface area contributed by atoms with Gasteiger partial charge in [0, 0.05) is 22.1 Å². The first-order valence-electron chi connectivity index (χ1n) is 19.2. The maximum Gasteiger partial charge on any atom is 0.182 e. The highest BCUT2D eigenvalue weighted by Gasteiger charge is 2.51. The second kappa shape index (κ2) is 11.1. The highest BCUT2D eigenvalue weighted by atomic mass is 16.3. The van der Waals surface area contributed by atoms with Crippen LogP contribution in [0.3, 0.4) is 0 Å². The molecule has 254 valence electrons. The van der Waals surface area contributed by atoms with Crippen LogP contribution in [0.2, 0.25) is 0 Å². The molecule has 0 spiro atoms. The van der Waals surface area contributed by atoms with Gasteiger partial charge in [-0.2, -0.15) is 0 Å². The zero-order valence-electron chi connectivity index (χ0n) is 29.9. The summed E-state index contributed by atoms with van der Waals surface area (Å²) in [6.07, 6.45) is 10.1. The lowest BCUT2D eigenvalue weighted by Crippen LogP contribution is -2.48. The molecule has 0 radical (unpaired) electrons. The number of nitrogens with zero attached hydrogens (tertiary/aromatic N) is 2. The van der Waals surface area contributed by atoms with E-state index < -0.39 is 0 Å². The van der Waals surface area contributed by atoms with E-state index in [1.807, 2.05) is 12.1 Å². The number of para-hydroxylation sites is 1. The third-order valence-electron chi connectivity index (χ3n) is 13.4. The lowest BCUT2D eigenvalue weighted by molar-refractivity contribution is -0.00518. The van der Waals surface area contributed by atoms with E-state index in [2.05, 4.69) is 128 Å². The number of hydrogen-bond donors (Lipinski definition) is 0. The molecule has 0 unspecified atom stereocenters. The summed E-state index contributed by atoms with van der Waals surface area (Å²) in [5.41, 5.74) is 17.9. The summed E-state index contributed by atoms with van der Waals surface area (Å²) >= 11 is 0. The fraction of sp³-hybridized carbons (Fsp3) is 0.265. The molecule has 3 heteroatoms. The Morgan fingerprint density at radius 1 is 0.538 bits per heavy atom. The van der Waals surface area contributed by atoms with Gasteiger partial charge in [0.05, 0.1) is 11.4 Å². The van der Waals surface area contributed by atoms with E-state index in [1.165, 1.54) is 89.4 Å². The van der Waals surface area contributed by atoms with Gasteiger partial charge in [-0.3, -0.25) is 0 Å². The van der Waals surface area contributed by atoms with Crippen molar-refractivity contribution in [1.29, 1.82) is 0 Å². The minimum absolute atomic E-state index is 0.167. The van der Waals surface area contributed by atoms with Crippen molar-refractivity contribution >= 4 is 11.1 Å². The number of pyridine rings is 1. The summed E-state index contributed by atoms with van der Waals surface area (Å²) in [4.78, 5) is 9.84. The maximum absolute atomic E-state index is 5.63. The van der Waals surface area contributed by atoms with Gasteiger partial charge in [-0.25, -0.2) is 9.97 Å². The summed E-state index contributed by atoms with van der Waals surface area (Å²) in [5, 5.41) is 0. The van der Waals surface area contributed by atoms with Crippen molar-refractivity contribution in [2.24, 2.45) is 17.8 Å². The molecule has 0 N–H and O–H groups in total. The molecule has 3 nitrogen and oxygen atoms in total. The Kier molecular flexibility index (Phi) is 6.49. The Morgan fingerprint density at radius 3 is 1.81 bits per heavy atom. The van der Waals surface area contributed by atoms with Gasteiger partial charge >= 0.3 is 0 Å². The van der Waals surface area contributed by atoms with Gasteiger partial charge < -0.3 is 4.42 Å². The van der Waals surface area contributed by atoms with Gasteiger partial charge in [-0.15, -0.1) is 0 Å². The number of hydrogen-bond acceptors (Lipinski definition) is 3. The third kappa shape index (κ3) is 4.64. The minimum atomic E-state index is -0.167. The van der Waals surface area contributed by atoms with Crippen molar-refractivity contribution in [3.05, 3.63) is 144 Å². The van der Waals surface area contributed by atoms with E-state index >= 15 is 0 Å². The van der Waals surface area contributed by atoms with Crippen molar-refractivity contribution in [3.63, 3.8) is 0 Å². The highest BCUT2D eigenvalue weighted by Crippen LogP contribution is 2.61. The van der Waals surface area contributed by atoms with E-state index in [1.54, 1.807) is 5.56 Å². The van der Waals surface area contributed by atoms with Crippen molar-refractivity contribution in [2.75, 3.05) is 0 Å². The third-order valence-corrected chi connectivity index (χ3v) is 13.4. The summed E-state index contributed by atoms with van der Waals surface area (Å²) in [6, 6.07) is 45.0. The molecular formula is C49H42N2O. The molecule has 4 fully saturated rings. The van der Waals surface area contributed by atoms with Crippen LogP contribution in [0.1, 0.15) is 69.1 Å². The predicted molar refractivity (Wildman–Crippen MR) is 211 cm³/mol. The first-order valence-corrected chi connectivity index (χ1v) is 19.2. The fourth-order valence-corrected chi connectivity index (χ4v) is 11.3. The average Bonchev–Trinajstić information content (AvgIpc) is 3.75. The molecule has 5 aliphatic carbocycles. The second-order valence-electron chi connectivity index (χ2n) is 16.9. The summed E-state index contributed by atoms with van der Waals surface area (Å²) in [7, 11) is 0.